The lowest BCUT2D eigenvalue weighted by molar-refractivity contribution is -0.205. The van der Waals surface area contributed by atoms with E-state index in [2.05, 4.69) is 4.74 Å². The quantitative estimate of drug-likeness (QED) is 0.299. The first kappa shape index (κ1) is 14.7. The van der Waals surface area contributed by atoms with Crippen molar-refractivity contribution in [3.63, 3.8) is 0 Å². The molecule has 7 nitrogen and oxygen atoms in total. The van der Waals surface area contributed by atoms with Gasteiger partial charge in [-0.3, -0.25) is 5.41 Å². The first-order valence-electron chi connectivity index (χ1n) is 5.04. The molecule has 0 aromatic heterocycles. The molecular weight excluding hydrogens is 250 g/mol. The Morgan fingerprint density at radius 1 is 1.29 bits per heavy atom. The summed E-state index contributed by atoms with van der Waals surface area (Å²) in [5, 5.41) is 44.9. The second-order valence-corrected chi connectivity index (χ2v) is 4.72. The topological polar surface area (TPSA) is 123 Å². The molecule has 0 bridgehead atoms. The SMILES string of the molecule is COC(=N)CSC1O[C@H](CO)[C@H](O)[C@H](O)[C@H]1O. The molecule has 17 heavy (non-hydrogen) atoms. The Bertz CT molecular complexity index is 264. The van der Waals surface area contributed by atoms with Crippen molar-refractivity contribution in [3.05, 3.63) is 0 Å². The van der Waals surface area contributed by atoms with Crippen LogP contribution in [-0.2, 0) is 9.47 Å². The van der Waals surface area contributed by atoms with E-state index in [0.29, 0.717) is 0 Å². The summed E-state index contributed by atoms with van der Waals surface area (Å²) < 4.78 is 9.87. The molecule has 0 radical (unpaired) electrons. The van der Waals surface area contributed by atoms with Crippen LogP contribution < -0.4 is 0 Å². The van der Waals surface area contributed by atoms with Crippen LogP contribution in [0.2, 0.25) is 0 Å². The number of hydrogen-bond acceptors (Lipinski definition) is 8. The molecule has 0 spiro atoms. The van der Waals surface area contributed by atoms with Gasteiger partial charge in [-0.1, -0.05) is 0 Å². The molecule has 1 aliphatic rings. The second-order valence-electron chi connectivity index (χ2n) is 3.64. The van der Waals surface area contributed by atoms with Gasteiger partial charge in [0.1, 0.15) is 29.9 Å². The van der Waals surface area contributed by atoms with Gasteiger partial charge in [-0.05, 0) is 0 Å². The summed E-state index contributed by atoms with van der Waals surface area (Å²) in [6, 6.07) is 0. The third-order valence-electron chi connectivity index (χ3n) is 2.47. The van der Waals surface area contributed by atoms with Gasteiger partial charge in [0, 0.05) is 0 Å². The molecule has 1 rings (SSSR count). The molecule has 1 aliphatic heterocycles. The minimum atomic E-state index is -1.38. The molecule has 5 N–H and O–H groups in total. The number of methoxy groups -OCH3 is 1. The molecule has 100 valence electrons. The van der Waals surface area contributed by atoms with Gasteiger partial charge in [0.2, 0.25) is 0 Å². The van der Waals surface area contributed by atoms with Crippen LogP contribution >= 0.6 is 11.8 Å². The maximum absolute atomic E-state index is 9.66. The molecular formula is C9H17NO6S. The van der Waals surface area contributed by atoms with Crippen molar-refractivity contribution in [1.82, 2.24) is 0 Å². The molecule has 0 aromatic rings. The summed E-state index contributed by atoms with van der Waals surface area (Å²) >= 11 is 1.06. The summed E-state index contributed by atoms with van der Waals surface area (Å²) in [5.74, 6) is 0.172. The average Bonchev–Trinajstić information content (AvgIpc) is 2.34. The van der Waals surface area contributed by atoms with Crippen LogP contribution in [0.4, 0.5) is 0 Å². The molecule has 5 atom stereocenters. The maximum Gasteiger partial charge on any atom is 0.190 e. The third-order valence-corrected chi connectivity index (χ3v) is 3.62. The van der Waals surface area contributed by atoms with Gasteiger partial charge >= 0.3 is 0 Å². The van der Waals surface area contributed by atoms with Gasteiger partial charge in [0.05, 0.1) is 19.5 Å². The van der Waals surface area contributed by atoms with Crippen LogP contribution in [0, 0.1) is 5.41 Å². The minimum absolute atomic E-state index is 0.00644. The zero-order chi connectivity index (χ0) is 13.0. The van der Waals surface area contributed by atoms with Crippen molar-refractivity contribution in [1.29, 1.82) is 5.41 Å². The lowest BCUT2D eigenvalue weighted by Crippen LogP contribution is -2.57. The number of hydrogen-bond donors (Lipinski definition) is 5. The molecule has 1 saturated heterocycles. The number of aliphatic hydroxyl groups excluding tert-OH is 4. The fourth-order valence-electron chi connectivity index (χ4n) is 1.42. The van der Waals surface area contributed by atoms with E-state index in [0.717, 1.165) is 11.8 Å². The van der Waals surface area contributed by atoms with Crippen molar-refractivity contribution in [2.75, 3.05) is 19.5 Å². The Hall–Kier alpha value is -0.380. The lowest BCUT2D eigenvalue weighted by Gasteiger charge is -2.39. The first-order valence-corrected chi connectivity index (χ1v) is 6.09. The van der Waals surface area contributed by atoms with Crippen molar-refractivity contribution in [3.8, 4) is 0 Å². The Kier molecular flexibility index (Phi) is 5.63. The van der Waals surface area contributed by atoms with E-state index in [1.54, 1.807) is 0 Å². The number of ether oxygens (including phenoxy) is 2. The van der Waals surface area contributed by atoms with Gasteiger partial charge in [-0.15, -0.1) is 11.8 Å². The monoisotopic (exact) mass is 267 g/mol. The van der Waals surface area contributed by atoms with E-state index in [-0.39, 0.29) is 11.7 Å². The maximum atomic E-state index is 9.66. The minimum Gasteiger partial charge on any atom is -0.484 e. The molecule has 1 fully saturated rings. The van der Waals surface area contributed by atoms with Gasteiger partial charge in [-0.25, -0.2) is 0 Å². The molecule has 1 unspecified atom stereocenters. The highest BCUT2D eigenvalue weighted by Crippen LogP contribution is 2.28. The van der Waals surface area contributed by atoms with Crippen LogP contribution in [0.3, 0.4) is 0 Å². The summed E-state index contributed by atoms with van der Waals surface area (Å²) in [6.45, 7) is -0.455. The highest BCUT2D eigenvalue weighted by molar-refractivity contribution is 8.00. The fourth-order valence-corrected chi connectivity index (χ4v) is 2.43. The van der Waals surface area contributed by atoms with Gasteiger partial charge < -0.3 is 29.9 Å². The van der Waals surface area contributed by atoms with Gasteiger partial charge in [0.15, 0.2) is 5.90 Å². The van der Waals surface area contributed by atoms with Crippen LogP contribution in [0.25, 0.3) is 0 Å². The number of aliphatic hydroxyl groups is 4. The van der Waals surface area contributed by atoms with Crippen molar-refractivity contribution >= 4 is 17.7 Å². The fraction of sp³-hybridized carbons (Fsp3) is 0.889. The zero-order valence-corrected chi connectivity index (χ0v) is 10.1. The predicted octanol–water partition coefficient (Wildman–Crippen LogP) is -1.86. The van der Waals surface area contributed by atoms with E-state index in [4.69, 9.17) is 15.3 Å². The number of nitrogens with one attached hydrogen (secondary N) is 1. The Morgan fingerprint density at radius 3 is 2.47 bits per heavy atom. The summed E-state index contributed by atoms with van der Waals surface area (Å²) in [7, 11) is 1.36. The van der Waals surface area contributed by atoms with Crippen LogP contribution in [0.5, 0.6) is 0 Å². The van der Waals surface area contributed by atoms with Crippen molar-refractivity contribution in [2.45, 2.75) is 29.9 Å². The van der Waals surface area contributed by atoms with Crippen LogP contribution in [0.1, 0.15) is 0 Å². The van der Waals surface area contributed by atoms with E-state index >= 15 is 0 Å². The van der Waals surface area contributed by atoms with E-state index < -0.39 is 36.5 Å². The largest absolute Gasteiger partial charge is 0.484 e. The van der Waals surface area contributed by atoms with Gasteiger partial charge in [0.25, 0.3) is 0 Å². The number of thioether (sulfide) groups is 1. The Labute approximate surface area is 103 Å². The lowest BCUT2D eigenvalue weighted by atomic mass is 10.0. The number of rotatable bonds is 4. The predicted molar refractivity (Wildman–Crippen MR) is 61.0 cm³/mol. The first-order chi connectivity index (χ1) is 8.01. The third kappa shape index (κ3) is 3.54. The van der Waals surface area contributed by atoms with Crippen molar-refractivity contribution in [2.24, 2.45) is 0 Å². The van der Waals surface area contributed by atoms with Crippen molar-refractivity contribution < 1.29 is 29.9 Å². The van der Waals surface area contributed by atoms with Gasteiger partial charge in [-0.2, -0.15) is 0 Å². The summed E-state index contributed by atoms with van der Waals surface area (Å²) in [5.41, 5.74) is -0.818. The molecule has 0 aromatic carbocycles. The van der Waals surface area contributed by atoms with Crippen LogP contribution in [-0.4, -0.2) is 75.6 Å². The summed E-state index contributed by atoms with van der Waals surface area (Å²) in [4.78, 5) is 0. The molecule has 8 heteroatoms. The summed E-state index contributed by atoms with van der Waals surface area (Å²) in [6.07, 6.45) is -4.92. The van der Waals surface area contributed by atoms with Crippen LogP contribution in [0.15, 0.2) is 0 Å². The second kappa shape index (κ2) is 6.53. The Balaban J connectivity index is 2.56. The van der Waals surface area contributed by atoms with E-state index in [9.17, 15) is 15.3 Å². The molecule has 0 amide bonds. The van der Waals surface area contributed by atoms with E-state index in [1.807, 2.05) is 0 Å². The highest BCUT2D eigenvalue weighted by atomic mass is 32.2. The molecule has 0 aliphatic carbocycles. The standard InChI is InChI=1S/C9H17NO6S/c1-15-5(10)3-17-9-8(14)7(13)6(12)4(2-11)16-9/h4,6-14H,2-3H2,1H3/t4-,6+,7+,8-,9?/m1/s1. The smallest absolute Gasteiger partial charge is 0.190 e. The molecule has 0 saturated carbocycles. The molecule has 1 heterocycles. The van der Waals surface area contributed by atoms with E-state index in [1.165, 1.54) is 7.11 Å². The highest BCUT2D eigenvalue weighted by Gasteiger charge is 2.43. The average molecular weight is 267 g/mol. The zero-order valence-electron chi connectivity index (χ0n) is 9.31. The normalized spacial score (nSPS) is 37.8. The Morgan fingerprint density at radius 2 is 1.94 bits per heavy atom.